The maximum absolute atomic E-state index is 12.8. The van der Waals surface area contributed by atoms with Crippen LogP contribution in [0.5, 0.6) is 0 Å². The Balaban J connectivity index is 1.90. The average molecular weight is 453 g/mol. The molecule has 8 nitrogen and oxygen atoms in total. The Labute approximate surface area is 175 Å². The SMILES string of the molecule is NCc1ccccc1CC(=O)Nc1ccc(-n2cc(C(F)(F)F)cn2)c(S(N)(=O)=O)c1. The molecule has 0 unspecified atom stereocenters. The Kier molecular flexibility index (Phi) is 6.15. The number of anilines is 1. The highest BCUT2D eigenvalue weighted by Crippen LogP contribution is 2.30. The van der Waals surface area contributed by atoms with Crippen molar-refractivity contribution in [3.63, 3.8) is 0 Å². The molecule has 2 aromatic carbocycles. The summed E-state index contributed by atoms with van der Waals surface area (Å²) in [7, 11) is -4.35. The van der Waals surface area contributed by atoms with Gasteiger partial charge in [0.05, 0.1) is 23.9 Å². The summed E-state index contributed by atoms with van der Waals surface area (Å²) in [6.07, 6.45) is -3.44. The van der Waals surface area contributed by atoms with Crippen molar-refractivity contribution >= 4 is 21.6 Å². The number of rotatable bonds is 6. The highest BCUT2D eigenvalue weighted by Gasteiger charge is 2.32. The molecule has 0 atom stereocenters. The first-order valence-corrected chi connectivity index (χ1v) is 10.4. The van der Waals surface area contributed by atoms with E-state index in [9.17, 15) is 26.4 Å². The van der Waals surface area contributed by atoms with Crippen molar-refractivity contribution in [2.24, 2.45) is 10.9 Å². The Morgan fingerprint density at radius 1 is 1.13 bits per heavy atom. The highest BCUT2D eigenvalue weighted by molar-refractivity contribution is 7.89. The third-order valence-electron chi connectivity index (χ3n) is 4.40. The molecule has 164 valence electrons. The number of aromatic nitrogens is 2. The van der Waals surface area contributed by atoms with Gasteiger partial charge in [0.15, 0.2) is 0 Å². The monoisotopic (exact) mass is 453 g/mol. The average Bonchev–Trinajstić information content (AvgIpc) is 3.18. The summed E-state index contributed by atoms with van der Waals surface area (Å²) >= 11 is 0. The van der Waals surface area contributed by atoms with Crippen molar-refractivity contribution in [2.45, 2.75) is 24.0 Å². The topological polar surface area (TPSA) is 133 Å². The normalized spacial score (nSPS) is 12.0. The second kappa shape index (κ2) is 8.49. The molecule has 1 heterocycles. The van der Waals surface area contributed by atoms with Gasteiger partial charge in [-0.3, -0.25) is 4.79 Å². The third-order valence-corrected chi connectivity index (χ3v) is 5.34. The number of halogens is 3. The number of primary sulfonamides is 1. The van der Waals surface area contributed by atoms with E-state index in [1.807, 2.05) is 0 Å². The Bertz CT molecular complexity index is 1220. The lowest BCUT2D eigenvalue weighted by Gasteiger charge is -2.12. The minimum absolute atomic E-state index is 0.00602. The van der Waals surface area contributed by atoms with Crippen LogP contribution in [0.15, 0.2) is 59.8 Å². The molecule has 0 radical (unpaired) electrons. The zero-order valence-electron chi connectivity index (χ0n) is 15.9. The lowest BCUT2D eigenvalue weighted by Crippen LogP contribution is -2.19. The highest BCUT2D eigenvalue weighted by atomic mass is 32.2. The van der Waals surface area contributed by atoms with Crippen LogP contribution in [0.25, 0.3) is 5.69 Å². The molecule has 1 amide bonds. The molecule has 0 bridgehead atoms. The van der Waals surface area contributed by atoms with Crippen molar-refractivity contribution < 1.29 is 26.4 Å². The van der Waals surface area contributed by atoms with Gasteiger partial charge >= 0.3 is 6.18 Å². The Hall–Kier alpha value is -3.22. The summed E-state index contributed by atoms with van der Waals surface area (Å²) in [6.45, 7) is 0.248. The number of hydrogen-bond acceptors (Lipinski definition) is 5. The number of nitrogens with one attached hydrogen (secondary N) is 1. The first-order valence-electron chi connectivity index (χ1n) is 8.85. The molecule has 5 N–H and O–H groups in total. The van der Waals surface area contributed by atoms with Gasteiger partial charge in [-0.25, -0.2) is 18.2 Å². The predicted octanol–water partition coefficient (Wildman–Crippen LogP) is 2.18. The number of benzene rings is 2. The first-order chi connectivity index (χ1) is 14.5. The van der Waals surface area contributed by atoms with Crippen LogP contribution >= 0.6 is 0 Å². The van der Waals surface area contributed by atoms with Crippen LogP contribution in [-0.4, -0.2) is 24.1 Å². The van der Waals surface area contributed by atoms with Crippen molar-refractivity contribution in [3.05, 3.63) is 71.5 Å². The van der Waals surface area contributed by atoms with E-state index in [0.29, 0.717) is 18.0 Å². The van der Waals surface area contributed by atoms with Crippen molar-refractivity contribution in [1.82, 2.24) is 9.78 Å². The molecule has 31 heavy (non-hydrogen) atoms. The summed E-state index contributed by atoms with van der Waals surface area (Å²) in [5.74, 6) is -0.438. The molecule has 0 spiro atoms. The second-order valence-corrected chi connectivity index (χ2v) is 8.13. The molecule has 3 aromatic rings. The molecular weight excluding hydrogens is 435 g/mol. The number of amides is 1. The fourth-order valence-electron chi connectivity index (χ4n) is 2.92. The van der Waals surface area contributed by atoms with E-state index >= 15 is 0 Å². The van der Waals surface area contributed by atoms with E-state index in [1.54, 1.807) is 24.3 Å². The Morgan fingerprint density at radius 3 is 2.39 bits per heavy atom. The minimum atomic E-state index is -4.65. The van der Waals surface area contributed by atoms with E-state index in [1.165, 1.54) is 12.1 Å². The van der Waals surface area contributed by atoms with Gasteiger partial charge in [0, 0.05) is 18.4 Å². The molecule has 12 heteroatoms. The van der Waals surface area contributed by atoms with E-state index in [4.69, 9.17) is 10.9 Å². The van der Waals surface area contributed by atoms with E-state index in [-0.39, 0.29) is 24.3 Å². The summed E-state index contributed by atoms with van der Waals surface area (Å²) in [6, 6.07) is 10.7. The number of nitrogens with zero attached hydrogens (tertiary/aromatic N) is 2. The van der Waals surface area contributed by atoms with Crippen LogP contribution in [0.3, 0.4) is 0 Å². The van der Waals surface area contributed by atoms with Crippen LogP contribution in [0, 0.1) is 0 Å². The molecule has 0 aliphatic carbocycles. The van der Waals surface area contributed by atoms with Crippen LogP contribution in [-0.2, 0) is 34.0 Å². The fraction of sp³-hybridized carbons (Fsp3) is 0.158. The number of sulfonamides is 1. The molecule has 0 saturated heterocycles. The molecule has 1 aromatic heterocycles. The predicted molar refractivity (Wildman–Crippen MR) is 107 cm³/mol. The lowest BCUT2D eigenvalue weighted by atomic mass is 10.0. The number of hydrogen-bond donors (Lipinski definition) is 3. The second-order valence-electron chi connectivity index (χ2n) is 6.60. The zero-order valence-corrected chi connectivity index (χ0v) is 16.7. The summed E-state index contributed by atoms with van der Waals surface area (Å²) in [4.78, 5) is 11.9. The number of carbonyl (C=O) groups excluding carboxylic acids is 1. The molecule has 0 fully saturated rings. The van der Waals surface area contributed by atoms with Gasteiger partial charge in [0.25, 0.3) is 0 Å². The van der Waals surface area contributed by atoms with Gasteiger partial charge in [-0.05, 0) is 29.3 Å². The lowest BCUT2D eigenvalue weighted by molar-refractivity contribution is -0.137. The molecule has 0 aliphatic heterocycles. The van der Waals surface area contributed by atoms with Crippen LogP contribution < -0.4 is 16.2 Å². The number of nitrogens with two attached hydrogens (primary N) is 2. The fourth-order valence-corrected chi connectivity index (χ4v) is 3.66. The molecular formula is C19H18F3N5O3S. The summed E-state index contributed by atoms with van der Waals surface area (Å²) < 4.78 is 63.3. The molecule has 0 aliphatic rings. The van der Waals surface area contributed by atoms with E-state index < -0.39 is 32.6 Å². The zero-order chi connectivity index (χ0) is 22.8. The largest absolute Gasteiger partial charge is 0.419 e. The van der Waals surface area contributed by atoms with Gasteiger partial charge in [-0.2, -0.15) is 18.3 Å². The number of alkyl halides is 3. The maximum Gasteiger partial charge on any atom is 0.419 e. The standard InChI is InChI=1S/C19H18F3N5O3S/c20-19(21,22)14-10-25-27(11-14)16-6-5-15(8-17(16)31(24,29)30)26-18(28)7-12-3-1-2-4-13(12)9-23/h1-6,8,10-11H,7,9,23H2,(H,26,28)(H2,24,29,30). The number of carbonyl (C=O) groups is 1. The van der Waals surface area contributed by atoms with Crippen LogP contribution in [0.2, 0.25) is 0 Å². The van der Waals surface area contributed by atoms with Crippen LogP contribution in [0.1, 0.15) is 16.7 Å². The summed E-state index contributed by atoms with van der Waals surface area (Å²) in [5.41, 5.74) is 6.02. The van der Waals surface area contributed by atoms with Gasteiger partial charge < -0.3 is 11.1 Å². The van der Waals surface area contributed by atoms with Crippen molar-refractivity contribution in [2.75, 3.05) is 5.32 Å². The first kappa shape index (κ1) is 22.5. The third kappa shape index (κ3) is 5.29. The van der Waals surface area contributed by atoms with E-state index in [2.05, 4.69) is 10.4 Å². The Morgan fingerprint density at radius 2 is 1.81 bits per heavy atom. The van der Waals surface area contributed by atoms with Crippen LogP contribution in [0.4, 0.5) is 18.9 Å². The van der Waals surface area contributed by atoms with Gasteiger partial charge in [0.1, 0.15) is 4.90 Å². The quantitative estimate of drug-likeness (QED) is 0.526. The van der Waals surface area contributed by atoms with Gasteiger partial charge in [0.2, 0.25) is 15.9 Å². The van der Waals surface area contributed by atoms with Crippen molar-refractivity contribution in [1.29, 1.82) is 0 Å². The molecule has 3 rings (SSSR count). The van der Waals surface area contributed by atoms with Crippen molar-refractivity contribution in [3.8, 4) is 5.69 Å². The smallest absolute Gasteiger partial charge is 0.326 e. The van der Waals surface area contributed by atoms with Gasteiger partial charge in [-0.15, -0.1) is 0 Å². The van der Waals surface area contributed by atoms with Gasteiger partial charge in [-0.1, -0.05) is 24.3 Å². The molecule has 0 saturated carbocycles. The summed E-state index contributed by atoms with van der Waals surface area (Å²) in [5, 5.41) is 11.4. The maximum atomic E-state index is 12.8. The van der Waals surface area contributed by atoms with E-state index in [0.717, 1.165) is 16.3 Å². The minimum Gasteiger partial charge on any atom is -0.326 e.